The van der Waals surface area contributed by atoms with Crippen molar-refractivity contribution >= 4 is 28.3 Å². The molecule has 0 spiro atoms. The van der Waals surface area contributed by atoms with Crippen molar-refractivity contribution in [2.75, 3.05) is 0 Å². The SMILES string of the molecule is Cc1cnc2cc(CCC3CCC(n4ccc5c(Cl)ncnc54)C3)ccn12. The largest absolute Gasteiger partial charge is 0.329 e. The number of pyridine rings is 1. The van der Waals surface area contributed by atoms with E-state index in [2.05, 4.69) is 55.4 Å². The van der Waals surface area contributed by atoms with Gasteiger partial charge in [-0.15, -0.1) is 0 Å². The maximum atomic E-state index is 6.19. The van der Waals surface area contributed by atoms with Gasteiger partial charge in [0.1, 0.15) is 22.8 Å². The minimum Gasteiger partial charge on any atom is -0.329 e. The lowest BCUT2D eigenvalue weighted by Crippen LogP contribution is -2.06. The Kier molecular flexibility index (Phi) is 4.12. The highest BCUT2D eigenvalue weighted by Crippen LogP contribution is 2.39. The molecule has 5 nitrogen and oxygen atoms in total. The van der Waals surface area contributed by atoms with E-state index >= 15 is 0 Å². The molecule has 1 saturated carbocycles. The molecule has 2 unspecified atom stereocenters. The molecule has 1 fully saturated rings. The molecule has 1 aliphatic carbocycles. The highest BCUT2D eigenvalue weighted by molar-refractivity contribution is 6.33. The lowest BCUT2D eigenvalue weighted by Gasteiger charge is -2.14. The van der Waals surface area contributed by atoms with Crippen molar-refractivity contribution in [3.63, 3.8) is 0 Å². The topological polar surface area (TPSA) is 48.0 Å². The van der Waals surface area contributed by atoms with Crippen LogP contribution >= 0.6 is 11.6 Å². The predicted molar refractivity (Wildman–Crippen MR) is 107 cm³/mol. The number of fused-ring (bicyclic) bond motifs is 2. The third-order valence-electron chi connectivity index (χ3n) is 5.97. The smallest absolute Gasteiger partial charge is 0.145 e. The van der Waals surface area contributed by atoms with Crippen LogP contribution in [0.3, 0.4) is 0 Å². The summed E-state index contributed by atoms with van der Waals surface area (Å²) in [4.78, 5) is 13.0. The van der Waals surface area contributed by atoms with Crippen LogP contribution in [0.4, 0.5) is 0 Å². The number of aryl methyl sites for hydroxylation is 2. The van der Waals surface area contributed by atoms with Crippen molar-refractivity contribution in [1.29, 1.82) is 0 Å². The van der Waals surface area contributed by atoms with Gasteiger partial charge in [-0.25, -0.2) is 15.0 Å². The number of halogens is 1. The van der Waals surface area contributed by atoms with Crippen LogP contribution in [0.2, 0.25) is 5.15 Å². The molecule has 0 N–H and O–H groups in total. The van der Waals surface area contributed by atoms with Gasteiger partial charge in [0.15, 0.2) is 0 Å². The summed E-state index contributed by atoms with van der Waals surface area (Å²) in [6.07, 6.45) is 13.8. The molecule has 0 amide bonds. The molecule has 4 aromatic heterocycles. The molecule has 6 heteroatoms. The number of hydrogen-bond acceptors (Lipinski definition) is 3. The van der Waals surface area contributed by atoms with Crippen molar-refractivity contribution in [3.8, 4) is 0 Å². The first-order valence-electron chi connectivity index (χ1n) is 9.58. The van der Waals surface area contributed by atoms with Gasteiger partial charge in [-0.3, -0.25) is 0 Å². The van der Waals surface area contributed by atoms with E-state index in [-0.39, 0.29) is 0 Å². The van der Waals surface area contributed by atoms with Crippen molar-refractivity contribution in [1.82, 2.24) is 23.9 Å². The summed E-state index contributed by atoms with van der Waals surface area (Å²) in [5.74, 6) is 0.752. The Hall–Kier alpha value is -2.40. The molecule has 4 heterocycles. The number of imidazole rings is 1. The minimum atomic E-state index is 0.510. The van der Waals surface area contributed by atoms with Crippen LogP contribution < -0.4 is 0 Å². The average molecular weight is 380 g/mol. The van der Waals surface area contributed by atoms with E-state index in [4.69, 9.17) is 11.6 Å². The Labute approximate surface area is 163 Å². The summed E-state index contributed by atoms with van der Waals surface area (Å²) in [5, 5.41) is 1.49. The van der Waals surface area contributed by atoms with Crippen LogP contribution in [0.1, 0.15) is 43.0 Å². The van der Waals surface area contributed by atoms with Gasteiger partial charge < -0.3 is 8.97 Å². The van der Waals surface area contributed by atoms with Gasteiger partial charge in [0.2, 0.25) is 0 Å². The van der Waals surface area contributed by atoms with Crippen LogP contribution in [0.5, 0.6) is 0 Å². The quantitative estimate of drug-likeness (QED) is 0.468. The zero-order valence-corrected chi connectivity index (χ0v) is 16.1. The van der Waals surface area contributed by atoms with Crippen LogP contribution in [0.15, 0.2) is 43.1 Å². The molecule has 0 bridgehead atoms. The van der Waals surface area contributed by atoms with Crippen molar-refractivity contribution < 1.29 is 0 Å². The van der Waals surface area contributed by atoms with Gasteiger partial charge in [0.05, 0.1) is 5.39 Å². The normalized spacial score (nSPS) is 20.1. The summed E-state index contributed by atoms with van der Waals surface area (Å²) in [5.41, 5.74) is 4.56. The first-order valence-corrected chi connectivity index (χ1v) is 9.96. The second kappa shape index (κ2) is 6.64. The molecule has 0 radical (unpaired) electrons. The second-order valence-corrected chi connectivity index (χ2v) is 8.02. The lowest BCUT2D eigenvalue weighted by atomic mass is 9.98. The summed E-state index contributed by atoms with van der Waals surface area (Å²) < 4.78 is 4.43. The number of nitrogens with zero attached hydrogens (tertiary/aromatic N) is 5. The molecule has 0 aromatic carbocycles. The van der Waals surface area contributed by atoms with Crippen molar-refractivity contribution in [2.24, 2.45) is 5.92 Å². The van der Waals surface area contributed by atoms with E-state index in [1.54, 1.807) is 6.33 Å². The maximum Gasteiger partial charge on any atom is 0.145 e. The van der Waals surface area contributed by atoms with Crippen LogP contribution in [0, 0.1) is 12.8 Å². The standard InChI is InChI=1S/C21H22ClN5/c1-14-12-23-19-11-16(6-8-26(14)19)3-2-15-4-5-17(10-15)27-9-7-18-20(22)24-13-25-21(18)27/h6-9,11-13,15,17H,2-5,10H2,1H3. The molecule has 4 aromatic rings. The van der Waals surface area contributed by atoms with Crippen molar-refractivity contribution in [3.05, 3.63) is 59.5 Å². The third-order valence-corrected chi connectivity index (χ3v) is 6.27. The number of hydrogen-bond donors (Lipinski definition) is 0. The van der Waals surface area contributed by atoms with E-state index in [0.717, 1.165) is 29.0 Å². The Morgan fingerprint density at radius 1 is 1.15 bits per heavy atom. The monoisotopic (exact) mass is 379 g/mol. The van der Waals surface area contributed by atoms with Crippen LogP contribution in [-0.2, 0) is 6.42 Å². The lowest BCUT2D eigenvalue weighted by molar-refractivity contribution is 0.461. The fourth-order valence-corrected chi connectivity index (χ4v) is 4.67. The van der Waals surface area contributed by atoms with Gasteiger partial charge in [-0.2, -0.15) is 0 Å². The molecular weight excluding hydrogens is 358 g/mol. The Morgan fingerprint density at radius 2 is 2.07 bits per heavy atom. The second-order valence-electron chi connectivity index (χ2n) is 7.66. The number of rotatable bonds is 4. The Bertz CT molecular complexity index is 1110. The molecule has 0 aliphatic heterocycles. The summed E-state index contributed by atoms with van der Waals surface area (Å²) in [6, 6.07) is 6.99. The molecule has 0 saturated heterocycles. The predicted octanol–water partition coefficient (Wildman–Crippen LogP) is 5.01. The van der Waals surface area contributed by atoms with E-state index < -0.39 is 0 Å². The molecule has 5 rings (SSSR count). The van der Waals surface area contributed by atoms with Crippen LogP contribution in [-0.4, -0.2) is 23.9 Å². The first-order chi connectivity index (χ1) is 13.2. The van der Waals surface area contributed by atoms with E-state index in [1.165, 1.54) is 36.9 Å². The number of aromatic nitrogens is 5. The summed E-state index contributed by atoms with van der Waals surface area (Å²) in [7, 11) is 0. The van der Waals surface area contributed by atoms with E-state index in [1.807, 2.05) is 12.3 Å². The summed E-state index contributed by atoms with van der Waals surface area (Å²) in [6.45, 7) is 2.08. The molecule has 1 aliphatic rings. The van der Waals surface area contributed by atoms with E-state index in [0.29, 0.717) is 11.2 Å². The minimum absolute atomic E-state index is 0.510. The first kappa shape index (κ1) is 16.8. The summed E-state index contributed by atoms with van der Waals surface area (Å²) >= 11 is 6.19. The van der Waals surface area contributed by atoms with Gasteiger partial charge in [-0.1, -0.05) is 11.6 Å². The Morgan fingerprint density at radius 3 is 3.00 bits per heavy atom. The molecular formula is C21H22ClN5. The highest BCUT2D eigenvalue weighted by atomic mass is 35.5. The maximum absolute atomic E-state index is 6.19. The van der Waals surface area contributed by atoms with E-state index in [9.17, 15) is 0 Å². The third kappa shape index (κ3) is 3.00. The van der Waals surface area contributed by atoms with Gasteiger partial charge in [0.25, 0.3) is 0 Å². The van der Waals surface area contributed by atoms with Crippen LogP contribution in [0.25, 0.3) is 16.7 Å². The molecule has 138 valence electrons. The fourth-order valence-electron chi connectivity index (χ4n) is 4.47. The average Bonchev–Trinajstić information content (AvgIpc) is 3.39. The zero-order chi connectivity index (χ0) is 18.4. The van der Waals surface area contributed by atoms with Gasteiger partial charge >= 0.3 is 0 Å². The molecule has 2 atom stereocenters. The Balaban J connectivity index is 1.27. The highest BCUT2D eigenvalue weighted by Gasteiger charge is 2.27. The van der Waals surface area contributed by atoms with Gasteiger partial charge in [0, 0.05) is 30.3 Å². The zero-order valence-electron chi connectivity index (χ0n) is 15.3. The van der Waals surface area contributed by atoms with Crippen molar-refractivity contribution in [2.45, 2.75) is 45.1 Å². The fraction of sp³-hybridized carbons (Fsp3) is 0.381. The molecule has 27 heavy (non-hydrogen) atoms. The van der Waals surface area contributed by atoms with Gasteiger partial charge in [-0.05, 0) is 68.7 Å².